The molecule has 0 unspecified atom stereocenters. The maximum absolute atomic E-state index is 14.0. The van der Waals surface area contributed by atoms with E-state index in [1.54, 1.807) is 13.2 Å². The van der Waals surface area contributed by atoms with Crippen LogP contribution in [-0.4, -0.2) is 48.9 Å². The highest BCUT2D eigenvalue weighted by molar-refractivity contribution is 6.58. The topological polar surface area (TPSA) is 52.9 Å². The molecular weight excluding hydrogens is 260 g/mol. The minimum absolute atomic E-state index is 0.165. The lowest BCUT2D eigenvalue weighted by atomic mass is 9.80. The third-order valence-corrected chi connectivity index (χ3v) is 3.00. The van der Waals surface area contributed by atoms with Gasteiger partial charge in [-0.05, 0) is 17.4 Å². The van der Waals surface area contributed by atoms with Gasteiger partial charge < -0.3 is 14.8 Å². The van der Waals surface area contributed by atoms with Gasteiger partial charge in [-0.15, -0.1) is 0 Å². The Morgan fingerprint density at radius 2 is 2.05 bits per heavy atom. The van der Waals surface area contributed by atoms with Crippen molar-refractivity contribution in [3.05, 3.63) is 29.6 Å². The van der Waals surface area contributed by atoms with Crippen molar-refractivity contribution in [1.82, 2.24) is 4.90 Å². The normalized spacial score (nSPS) is 11.4. The summed E-state index contributed by atoms with van der Waals surface area (Å²) in [5, 5.41) is 18.0. The highest BCUT2D eigenvalue weighted by atomic mass is 19.1. The van der Waals surface area contributed by atoms with Crippen LogP contribution in [0.1, 0.15) is 19.4 Å². The van der Waals surface area contributed by atoms with E-state index in [1.807, 2.05) is 0 Å². The second kappa shape index (κ2) is 8.37. The molecule has 0 saturated heterocycles. The second-order valence-corrected chi connectivity index (χ2v) is 5.35. The summed E-state index contributed by atoms with van der Waals surface area (Å²) in [5.41, 5.74) is 0.713. The van der Waals surface area contributed by atoms with Gasteiger partial charge in [0.25, 0.3) is 0 Å². The smallest absolute Gasteiger partial charge is 0.423 e. The van der Waals surface area contributed by atoms with Crippen LogP contribution in [-0.2, 0) is 11.3 Å². The molecule has 1 aromatic carbocycles. The first-order valence-electron chi connectivity index (χ1n) is 6.79. The van der Waals surface area contributed by atoms with E-state index in [-0.39, 0.29) is 5.46 Å². The van der Waals surface area contributed by atoms with Gasteiger partial charge in [-0.25, -0.2) is 4.39 Å². The first-order valence-corrected chi connectivity index (χ1v) is 6.79. The number of methoxy groups -OCH3 is 1. The average molecular weight is 283 g/mol. The Morgan fingerprint density at radius 3 is 2.55 bits per heavy atom. The first kappa shape index (κ1) is 17.1. The highest BCUT2D eigenvalue weighted by Crippen LogP contribution is 2.11. The molecule has 0 fully saturated rings. The van der Waals surface area contributed by atoms with Crippen LogP contribution >= 0.6 is 0 Å². The van der Waals surface area contributed by atoms with Crippen LogP contribution in [0.5, 0.6) is 0 Å². The van der Waals surface area contributed by atoms with Crippen molar-refractivity contribution >= 4 is 12.6 Å². The summed E-state index contributed by atoms with van der Waals surface area (Å²) in [6.07, 6.45) is 0. The molecule has 1 aromatic rings. The molecule has 0 aromatic heterocycles. The molecule has 0 bridgehead atoms. The number of hydrogen-bond acceptors (Lipinski definition) is 4. The lowest BCUT2D eigenvalue weighted by Crippen LogP contribution is -2.32. The predicted molar refractivity (Wildman–Crippen MR) is 78.2 cm³/mol. The van der Waals surface area contributed by atoms with E-state index in [0.29, 0.717) is 24.6 Å². The molecule has 112 valence electrons. The number of ether oxygens (including phenoxy) is 1. The lowest BCUT2D eigenvalue weighted by molar-refractivity contribution is 0.135. The molecule has 20 heavy (non-hydrogen) atoms. The van der Waals surface area contributed by atoms with Gasteiger partial charge in [-0.3, -0.25) is 4.90 Å². The van der Waals surface area contributed by atoms with Crippen molar-refractivity contribution in [2.75, 3.05) is 26.8 Å². The predicted octanol–water partition coefficient (Wildman–Crippen LogP) is 0.610. The molecule has 0 amide bonds. The second-order valence-electron chi connectivity index (χ2n) is 5.35. The van der Waals surface area contributed by atoms with Gasteiger partial charge in [0.05, 0.1) is 6.61 Å². The van der Waals surface area contributed by atoms with Crippen LogP contribution in [0.3, 0.4) is 0 Å². The van der Waals surface area contributed by atoms with E-state index in [0.717, 1.165) is 13.1 Å². The summed E-state index contributed by atoms with van der Waals surface area (Å²) >= 11 is 0. The Hall–Kier alpha value is -0.945. The van der Waals surface area contributed by atoms with Crippen molar-refractivity contribution in [2.24, 2.45) is 5.92 Å². The van der Waals surface area contributed by atoms with Gasteiger partial charge in [-0.2, -0.15) is 0 Å². The third kappa shape index (κ3) is 5.59. The molecule has 6 heteroatoms. The quantitative estimate of drug-likeness (QED) is 0.686. The number of benzene rings is 1. The SMILES string of the molecule is COCCN(Cc1ccc(B(O)O)cc1F)CC(C)C. The fourth-order valence-electron chi connectivity index (χ4n) is 2.06. The number of halogens is 1. The van der Waals surface area contributed by atoms with Crippen LogP contribution in [0.15, 0.2) is 18.2 Å². The molecular formula is C14H23BFNO3. The lowest BCUT2D eigenvalue weighted by Gasteiger charge is -2.24. The average Bonchev–Trinajstić information content (AvgIpc) is 2.37. The molecule has 0 aliphatic rings. The zero-order chi connectivity index (χ0) is 15.1. The van der Waals surface area contributed by atoms with Gasteiger partial charge in [0.1, 0.15) is 5.82 Å². The zero-order valence-electron chi connectivity index (χ0n) is 12.3. The van der Waals surface area contributed by atoms with Crippen molar-refractivity contribution < 1.29 is 19.2 Å². The monoisotopic (exact) mass is 283 g/mol. The Labute approximate surface area is 120 Å². The van der Waals surface area contributed by atoms with Crippen LogP contribution in [0.2, 0.25) is 0 Å². The van der Waals surface area contributed by atoms with Gasteiger partial charge in [0, 0.05) is 32.3 Å². The summed E-state index contributed by atoms with van der Waals surface area (Å²) in [6.45, 7) is 6.89. The van der Waals surface area contributed by atoms with Gasteiger partial charge in [0.15, 0.2) is 0 Å². The van der Waals surface area contributed by atoms with Crippen LogP contribution in [0.4, 0.5) is 4.39 Å². The summed E-state index contributed by atoms with van der Waals surface area (Å²) in [5.74, 6) is 0.0650. The van der Waals surface area contributed by atoms with Crippen LogP contribution < -0.4 is 5.46 Å². The number of hydrogen-bond donors (Lipinski definition) is 2. The Balaban J connectivity index is 2.76. The van der Waals surface area contributed by atoms with Gasteiger partial charge in [-0.1, -0.05) is 26.0 Å². The van der Waals surface area contributed by atoms with E-state index in [4.69, 9.17) is 14.8 Å². The summed E-state index contributed by atoms with van der Waals surface area (Å²) < 4.78 is 19.0. The molecule has 0 aliphatic heterocycles. The van der Waals surface area contributed by atoms with Crippen molar-refractivity contribution in [2.45, 2.75) is 20.4 Å². The number of rotatable bonds is 8. The first-order chi connectivity index (χ1) is 9.43. The number of nitrogens with zero attached hydrogens (tertiary/aromatic N) is 1. The standard InChI is InChI=1S/C14H23BFNO3/c1-11(2)9-17(6-7-20-3)10-12-4-5-13(15(18)19)8-14(12)16/h4-5,8,11,18-19H,6-7,9-10H2,1-3H3. The fraction of sp³-hybridized carbons (Fsp3) is 0.571. The zero-order valence-corrected chi connectivity index (χ0v) is 12.3. The van der Waals surface area contributed by atoms with E-state index < -0.39 is 12.9 Å². The van der Waals surface area contributed by atoms with E-state index >= 15 is 0 Å². The van der Waals surface area contributed by atoms with E-state index in [9.17, 15) is 4.39 Å². The molecule has 4 nitrogen and oxygen atoms in total. The van der Waals surface area contributed by atoms with E-state index in [2.05, 4.69) is 18.7 Å². The van der Waals surface area contributed by atoms with Gasteiger partial charge in [0.2, 0.25) is 0 Å². The maximum atomic E-state index is 14.0. The summed E-state index contributed by atoms with van der Waals surface area (Å²) in [6, 6.07) is 4.31. The molecule has 0 radical (unpaired) electrons. The third-order valence-electron chi connectivity index (χ3n) is 3.00. The van der Waals surface area contributed by atoms with Crippen LogP contribution in [0, 0.1) is 11.7 Å². The fourth-order valence-corrected chi connectivity index (χ4v) is 2.06. The van der Waals surface area contributed by atoms with Gasteiger partial charge >= 0.3 is 7.12 Å². The van der Waals surface area contributed by atoms with Crippen LogP contribution in [0.25, 0.3) is 0 Å². The Morgan fingerprint density at radius 1 is 1.35 bits per heavy atom. The van der Waals surface area contributed by atoms with Crippen molar-refractivity contribution in [1.29, 1.82) is 0 Å². The molecule has 0 atom stereocenters. The minimum Gasteiger partial charge on any atom is -0.423 e. The van der Waals surface area contributed by atoms with E-state index in [1.165, 1.54) is 12.1 Å². The summed E-state index contributed by atoms with van der Waals surface area (Å²) in [4.78, 5) is 2.13. The highest BCUT2D eigenvalue weighted by Gasteiger charge is 2.15. The maximum Gasteiger partial charge on any atom is 0.488 e. The molecule has 0 heterocycles. The molecule has 0 saturated carbocycles. The van der Waals surface area contributed by atoms with Crippen molar-refractivity contribution in [3.63, 3.8) is 0 Å². The van der Waals surface area contributed by atoms with Crippen molar-refractivity contribution in [3.8, 4) is 0 Å². The molecule has 0 aliphatic carbocycles. The minimum atomic E-state index is -1.64. The molecule has 0 spiro atoms. The summed E-state index contributed by atoms with van der Waals surface area (Å²) in [7, 11) is 0.00442. The Kier molecular flexibility index (Phi) is 7.16. The Bertz CT molecular complexity index is 415. The molecule has 2 N–H and O–H groups in total. The largest absolute Gasteiger partial charge is 0.488 e. The molecule has 1 rings (SSSR count).